The van der Waals surface area contributed by atoms with Crippen molar-refractivity contribution >= 4 is 11.8 Å². The molecule has 0 amide bonds. The van der Waals surface area contributed by atoms with Gasteiger partial charge in [0.15, 0.2) is 0 Å². The molecule has 2 rings (SSSR count). The molecule has 0 saturated carbocycles. The summed E-state index contributed by atoms with van der Waals surface area (Å²) in [6, 6.07) is 0.674. The van der Waals surface area contributed by atoms with Crippen LogP contribution in [-0.4, -0.2) is 23.6 Å². The van der Waals surface area contributed by atoms with Gasteiger partial charge in [0, 0.05) is 11.3 Å². The van der Waals surface area contributed by atoms with Crippen molar-refractivity contribution in [3.63, 3.8) is 0 Å². The van der Waals surface area contributed by atoms with Gasteiger partial charge in [-0.2, -0.15) is 11.8 Å². The van der Waals surface area contributed by atoms with E-state index in [1.54, 1.807) is 5.57 Å². The van der Waals surface area contributed by atoms with Crippen molar-refractivity contribution in [3.05, 3.63) is 11.6 Å². The Morgan fingerprint density at radius 2 is 2.22 bits per heavy atom. The summed E-state index contributed by atoms with van der Waals surface area (Å²) in [5.74, 6) is 1.38. The molecule has 1 nitrogen and oxygen atoms in total. The molecule has 0 aromatic carbocycles. The Hall–Kier alpha value is 0.0500. The molecule has 0 spiro atoms. The van der Waals surface area contributed by atoms with E-state index in [9.17, 15) is 0 Å². The monoisotopic (exact) mass is 267 g/mol. The standard InChI is InChI=1S/C16H29NS/c1-2-12-17-16(15-11-7-8-13-18-15)14-9-5-3-4-6-10-14/h9,15-17H,2-8,10-13H2,1H3. The molecular weight excluding hydrogens is 238 g/mol. The first kappa shape index (κ1) is 14.5. The minimum absolute atomic E-state index is 0.674. The highest BCUT2D eigenvalue weighted by molar-refractivity contribution is 8.00. The summed E-state index contributed by atoms with van der Waals surface area (Å²) in [6.45, 7) is 3.46. The van der Waals surface area contributed by atoms with Crippen LogP contribution in [0.2, 0.25) is 0 Å². The van der Waals surface area contributed by atoms with Crippen LogP contribution in [0, 0.1) is 0 Å². The predicted molar refractivity (Wildman–Crippen MR) is 83.3 cm³/mol. The van der Waals surface area contributed by atoms with Crippen molar-refractivity contribution in [3.8, 4) is 0 Å². The molecule has 0 radical (unpaired) electrons. The molecule has 1 aliphatic carbocycles. The van der Waals surface area contributed by atoms with E-state index < -0.39 is 0 Å². The maximum Gasteiger partial charge on any atom is 0.0399 e. The van der Waals surface area contributed by atoms with E-state index in [0.29, 0.717) is 6.04 Å². The fourth-order valence-corrected chi connectivity index (χ4v) is 4.62. The molecule has 2 heteroatoms. The Balaban J connectivity index is 1.99. The summed E-state index contributed by atoms with van der Waals surface area (Å²) < 4.78 is 0. The van der Waals surface area contributed by atoms with E-state index >= 15 is 0 Å². The van der Waals surface area contributed by atoms with Crippen LogP contribution < -0.4 is 5.32 Å². The third-order valence-corrected chi connectivity index (χ3v) is 5.64. The van der Waals surface area contributed by atoms with Crippen LogP contribution in [0.15, 0.2) is 11.6 Å². The average molecular weight is 267 g/mol. The number of nitrogens with one attached hydrogen (secondary N) is 1. The summed E-state index contributed by atoms with van der Waals surface area (Å²) in [6.07, 6.45) is 15.0. The topological polar surface area (TPSA) is 12.0 Å². The molecule has 2 atom stereocenters. The van der Waals surface area contributed by atoms with E-state index in [-0.39, 0.29) is 0 Å². The summed E-state index contributed by atoms with van der Waals surface area (Å²) in [5.41, 5.74) is 1.74. The minimum Gasteiger partial charge on any atom is -0.309 e. The highest BCUT2D eigenvalue weighted by Crippen LogP contribution is 2.32. The smallest absolute Gasteiger partial charge is 0.0399 e. The molecule has 1 saturated heterocycles. The number of allylic oxidation sites excluding steroid dienone is 1. The second-order valence-corrected chi connectivity index (χ2v) is 7.06. The lowest BCUT2D eigenvalue weighted by Gasteiger charge is -2.32. The van der Waals surface area contributed by atoms with Gasteiger partial charge in [-0.15, -0.1) is 0 Å². The molecular formula is C16H29NS. The van der Waals surface area contributed by atoms with Crippen molar-refractivity contribution in [2.45, 2.75) is 76.0 Å². The van der Waals surface area contributed by atoms with Crippen LogP contribution >= 0.6 is 11.8 Å². The molecule has 1 aliphatic heterocycles. The van der Waals surface area contributed by atoms with Crippen LogP contribution in [-0.2, 0) is 0 Å². The Bertz CT molecular complexity index is 256. The molecule has 1 N–H and O–H groups in total. The third-order valence-electron chi connectivity index (χ3n) is 4.18. The molecule has 0 aromatic heterocycles. The van der Waals surface area contributed by atoms with Crippen molar-refractivity contribution in [2.75, 3.05) is 12.3 Å². The van der Waals surface area contributed by atoms with E-state index in [1.165, 1.54) is 70.1 Å². The summed E-state index contributed by atoms with van der Waals surface area (Å²) >= 11 is 2.22. The lowest BCUT2D eigenvalue weighted by Crippen LogP contribution is -2.41. The van der Waals surface area contributed by atoms with E-state index in [2.05, 4.69) is 30.1 Å². The number of thioether (sulfide) groups is 1. The van der Waals surface area contributed by atoms with Crippen LogP contribution in [0.3, 0.4) is 0 Å². The van der Waals surface area contributed by atoms with E-state index in [4.69, 9.17) is 0 Å². The fraction of sp³-hybridized carbons (Fsp3) is 0.875. The molecule has 0 bridgehead atoms. The van der Waals surface area contributed by atoms with Crippen LogP contribution in [0.1, 0.15) is 64.7 Å². The summed E-state index contributed by atoms with van der Waals surface area (Å²) in [7, 11) is 0. The van der Waals surface area contributed by atoms with Gasteiger partial charge in [-0.1, -0.05) is 31.4 Å². The molecule has 2 unspecified atom stereocenters. The van der Waals surface area contributed by atoms with Gasteiger partial charge in [-0.3, -0.25) is 0 Å². The Labute approximate surface area is 117 Å². The molecule has 18 heavy (non-hydrogen) atoms. The maximum absolute atomic E-state index is 3.85. The zero-order valence-electron chi connectivity index (χ0n) is 11.9. The minimum atomic E-state index is 0.674. The van der Waals surface area contributed by atoms with Gasteiger partial charge in [0.1, 0.15) is 0 Å². The lowest BCUT2D eigenvalue weighted by atomic mass is 9.95. The lowest BCUT2D eigenvalue weighted by molar-refractivity contribution is 0.495. The maximum atomic E-state index is 3.85. The number of rotatable bonds is 5. The number of hydrogen-bond donors (Lipinski definition) is 1. The van der Waals surface area contributed by atoms with Gasteiger partial charge in [-0.25, -0.2) is 0 Å². The van der Waals surface area contributed by atoms with Crippen LogP contribution in [0.25, 0.3) is 0 Å². The molecule has 2 aliphatic rings. The van der Waals surface area contributed by atoms with Crippen molar-refractivity contribution in [1.29, 1.82) is 0 Å². The summed E-state index contributed by atoms with van der Waals surface area (Å²) in [4.78, 5) is 0. The molecule has 104 valence electrons. The fourth-order valence-electron chi connectivity index (χ4n) is 3.15. The Morgan fingerprint density at radius 3 is 3.00 bits per heavy atom. The summed E-state index contributed by atoms with van der Waals surface area (Å²) in [5, 5.41) is 4.69. The SMILES string of the molecule is CCCNC(C1=CCCCCC1)C1CCCCS1. The number of hydrogen-bond acceptors (Lipinski definition) is 2. The zero-order valence-corrected chi connectivity index (χ0v) is 12.7. The first-order valence-corrected chi connectivity index (χ1v) is 9.00. The first-order valence-electron chi connectivity index (χ1n) is 7.95. The zero-order chi connectivity index (χ0) is 12.6. The van der Waals surface area contributed by atoms with Crippen molar-refractivity contribution in [1.82, 2.24) is 5.32 Å². The van der Waals surface area contributed by atoms with Gasteiger partial charge in [0.05, 0.1) is 0 Å². The van der Waals surface area contributed by atoms with Gasteiger partial charge in [0.2, 0.25) is 0 Å². The van der Waals surface area contributed by atoms with E-state index in [1.807, 2.05) is 0 Å². The van der Waals surface area contributed by atoms with E-state index in [0.717, 1.165) is 5.25 Å². The third kappa shape index (κ3) is 4.31. The molecule has 1 fully saturated rings. The average Bonchev–Trinajstić information content (AvgIpc) is 2.70. The largest absolute Gasteiger partial charge is 0.309 e. The van der Waals surface area contributed by atoms with Crippen LogP contribution in [0.5, 0.6) is 0 Å². The molecule has 1 heterocycles. The highest BCUT2D eigenvalue weighted by Gasteiger charge is 2.26. The Morgan fingerprint density at radius 1 is 1.28 bits per heavy atom. The van der Waals surface area contributed by atoms with Gasteiger partial charge >= 0.3 is 0 Å². The van der Waals surface area contributed by atoms with Crippen molar-refractivity contribution < 1.29 is 0 Å². The van der Waals surface area contributed by atoms with Crippen LogP contribution in [0.4, 0.5) is 0 Å². The van der Waals surface area contributed by atoms with Gasteiger partial charge in [-0.05, 0) is 57.2 Å². The van der Waals surface area contributed by atoms with Gasteiger partial charge in [0.25, 0.3) is 0 Å². The van der Waals surface area contributed by atoms with Gasteiger partial charge < -0.3 is 5.32 Å². The first-order chi connectivity index (χ1) is 8.92. The normalized spacial score (nSPS) is 27.4. The van der Waals surface area contributed by atoms with Crippen molar-refractivity contribution in [2.24, 2.45) is 0 Å². The quantitative estimate of drug-likeness (QED) is 0.734. The second kappa shape index (κ2) is 8.27. The second-order valence-electron chi connectivity index (χ2n) is 5.72. The predicted octanol–water partition coefficient (Wildman–Crippen LogP) is 4.53. The highest BCUT2D eigenvalue weighted by atomic mass is 32.2. The molecule has 0 aromatic rings. The Kier molecular flexibility index (Phi) is 6.64.